The Kier molecular flexibility index (Phi) is 7.80. The van der Waals surface area contributed by atoms with E-state index in [1.807, 2.05) is 43.3 Å². The van der Waals surface area contributed by atoms with E-state index < -0.39 is 5.91 Å². The maximum atomic E-state index is 13.0. The number of nitrogens with two attached hydrogens (primary N) is 1. The molecule has 1 saturated carbocycles. The Morgan fingerprint density at radius 1 is 1.13 bits per heavy atom. The number of H-pyrrole nitrogens is 1. The van der Waals surface area contributed by atoms with Crippen LogP contribution in [0.5, 0.6) is 17.2 Å². The SMILES string of the molecule is CCn1c([C@@H](Cc2ccc(O)cc2)c2cc(OC)cc3c2-c2c(C4CCCCC4)c4ccc(C(N)=O)cc4n2CCO3)n[nH]c1=O. The van der Waals surface area contributed by atoms with E-state index >= 15 is 0 Å². The van der Waals surface area contributed by atoms with Crippen molar-refractivity contribution < 1.29 is 19.4 Å². The molecule has 0 saturated heterocycles. The van der Waals surface area contributed by atoms with Crippen molar-refractivity contribution in [3.05, 3.63) is 93.2 Å². The lowest BCUT2D eigenvalue weighted by molar-refractivity contribution is 0.100. The number of benzene rings is 3. The largest absolute Gasteiger partial charge is 0.508 e. The summed E-state index contributed by atoms with van der Waals surface area (Å²) in [5, 5.41) is 18.4. The van der Waals surface area contributed by atoms with Gasteiger partial charge in [-0.25, -0.2) is 9.89 Å². The van der Waals surface area contributed by atoms with Crippen molar-refractivity contribution in [2.75, 3.05) is 13.7 Å². The minimum atomic E-state index is -0.461. The summed E-state index contributed by atoms with van der Waals surface area (Å²) >= 11 is 0. The number of fused-ring (bicyclic) bond motifs is 5. The van der Waals surface area contributed by atoms with Crippen LogP contribution in [0.25, 0.3) is 22.2 Å². The van der Waals surface area contributed by atoms with Gasteiger partial charge in [0.1, 0.15) is 29.7 Å². The molecule has 2 aromatic heterocycles. The molecule has 1 amide bonds. The Morgan fingerprint density at radius 3 is 2.63 bits per heavy atom. The van der Waals surface area contributed by atoms with Gasteiger partial charge in [0.25, 0.3) is 0 Å². The molecule has 1 aliphatic heterocycles. The third-order valence-corrected chi connectivity index (χ3v) is 9.72. The highest BCUT2D eigenvalue weighted by atomic mass is 16.5. The van der Waals surface area contributed by atoms with Crippen LogP contribution >= 0.6 is 0 Å². The highest BCUT2D eigenvalue weighted by Gasteiger charge is 2.35. The van der Waals surface area contributed by atoms with Gasteiger partial charge in [0.15, 0.2) is 0 Å². The van der Waals surface area contributed by atoms with E-state index in [2.05, 4.69) is 20.8 Å². The van der Waals surface area contributed by atoms with Gasteiger partial charge in [0.2, 0.25) is 5.91 Å². The Morgan fingerprint density at radius 2 is 1.91 bits per heavy atom. The Bertz CT molecular complexity index is 1980. The molecule has 0 unspecified atom stereocenters. The molecule has 1 aliphatic carbocycles. The molecule has 238 valence electrons. The maximum Gasteiger partial charge on any atom is 0.343 e. The zero-order valence-electron chi connectivity index (χ0n) is 26.2. The van der Waals surface area contributed by atoms with E-state index in [1.54, 1.807) is 23.8 Å². The zero-order chi connectivity index (χ0) is 31.9. The van der Waals surface area contributed by atoms with Crippen LogP contribution in [0, 0.1) is 0 Å². The predicted molar refractivity (Wildman–Crippen MR) is 176 cm³/mol. The molecule has 1 atom stereocenters. The van der Waals surface area contributed by atoms with E-state index in [-0.39, 0.29) is 17.4 Å². The van der Waals surface area contributed by atoms with Crippen molar-refractivity contribution in [3.63, 3.8) is 0 Å². The van der Waals surface area contributed by atoms with Crippen LogP contribution in [0.15, 0.2) is 59.4 Å². The van der Waals surface area contributed by atoms with Gasteiger partial charge in [-0.1, -0.05) is 37.5 Å². The van der Waals surface area contributed by atoms with Crippen LogP contribution in [-0.2, 0) is 19.5 Å². The van der Waals surface area contributed by atoms with Crippen LogP contribution in [0.3, 0.4) is 0 Å². The molecule has 10 nitrogen and oxygen atoms in total. The van der Waals surface area contributed by atoms with Gasteiger partial charge in [0.05, 0.1) is 19.3 Å². The smallest absolute Gasteiger partial charge is 0.343 e. The second-order valence-corrected chi connectivity index (χ2v) is 12.3. The second kappa shape index (κ2) is 12.1. The summed E-state index contributed by atoms with van der Waals surface area (Å²) in [4.78, 5) is 25.3. The topological polar surface area (TPSA) is 137 Å². The van der Waals surface area contributed by atoms with Crippen LogP contribution in [0.1, 0.15) is 83.7 Å². The predicted octanol–water partition coefficient (Wildman–Crippen LogP) is 5.84. The minimum Gasteiger partial charge on any atom is -0.508 e. The number of primary amides is 1. The number of nitrogens with zero attached hydrogens (tertiary/aromatic N) is 3. The molecule has 46 heavy (non-hydrogen) atoms. The average Bonchev–Trinajstić information content (AvgIpc) is 3.53. The van der Waals surface area contributed by atoms with Crippen molar-refractivity contribution in [1.29, 1.82) is 0 Å². The number of nitrogens with one attached hydrogen (secondary N) is 1. The molecule has 3 heterocycles. The molecule has 2 aliphatic rings. The summed E-state index contributed by atoms with van der Waals surface area (Å²) in [5.41, 5.74) is 12.1. The number of amides is 1. The van der Waals surface area contributed by atoms with Crippen molar-refractivity contribution in [1.82, 2.24) is 19.3 Å². The average molecular weight is 622 g/mol. The third-order valence-electron chi connectivity index (χ3n) is 9.72. The number of ether oxygens (including phenoxy) is 2. The summed E-state index contributed by atoms with van der Waals surface area (Å²) in [7, 11) is 1.64. The lowest BCUT2D eigenvalue weighted by Gasteiger charge is -2.26. The minimum absolute atomic E-state index is 0.186. The fourth-order valence-electron chi connectivity index (χ4n) is 7.56. The number of aromatic amines is 1. The first-order valence-electron chi connectivity index (χ1n) is 16.1. The van der Waals surface area contributed by atoms with Crippen LogP contribution in [0.4, 0.5) is 0 Å². The molecular formula is C36H39N5O5. The summed E-state index contributed by atoms with van der Waals surface area (Å²) in [6, 6.07) is 16.9. The van der Waals surface area contributed by atoms with Crippen molar-refractivity contribution in [2.45, 2.75) is 70.4 Å². The fourth-order valence-corrected chi connectivity index (χ4v) is 7.56. The molecule has 0 spiro atoms. The third kappa shape index (κ3) is 5.11. The fraction of sp³-hybridized carbons (Fsp3) is 0.361. The van der Waals surface area contributed by atoms with Gasteiger partial charge in [-0.2, -0.15) is 5.10 Å². The Balaban J connectivity index is 1.56. The van der Waals surface area contributed by atoms with Gasteiger partial charge >= 0.3 is 5.69 Å². The number of aromatic nitrogens is 4. The zero-order valence-corrected chi connectivity index (χ0v) is 26.2. The quantitative estimate of drug-likeness (QED) is 0.199. The summed E-state index contributed by atoms with van der Waals surface area (Å²) < 4.78 is 16.3. The Labute approximate surface area is 266 Å². The number of carbonyl (C=O) groups excluding carboxylic acids is 1. The molecule has 5 aromatic rings. The van der Waals surface area contributed by atoms with Gasteiger partial charge in [-0.15, -0.1) is 0 Å². The van der Waals surface area contributed by atoms with Crippen molar-refractivity contribution in [2.24, 2.45) is 5.73 Å². The first-order valence-corrected chi connectivity index (χ1v) is 16.1. The number of carbonyl (C=O) groups is 1. The molecule has 1 fully saturated rings. The number of methoxy groups -OCH3 is 1. The van der Waals surface area contributed by atoms with Gasteiger partial charge in [-0.05, 0) is 79.1 Å². The van der Waals surface area contributed by atoms with E-state index in [4.69, 9.17) is 15.2 Å². The summed E-state index contributed by atoms with van der Waals surface area (Å²) in [6.07, 6.45) is 6.22. The molecule has 3 aromatic carbocycles. The first-order chi connectivity index (χ1) is 22.4. The lowest BCUT2D eigenvalue weighted by Crippen LogP contribution is -2.21. The maximum absolute atomic E-state index is 13.0. The molecule has 4 N–H and O–H groups in total. The van der Waals surface area contributed by atoms with Gasteiger partial charge in [-0.3, -0.25) is 9.36 Å². The number of phenols is 1. The van der Waals surface area contributed by atoms with Crippen LogP contribution < -0.4 is 20.9 Å². The first kappa shape index (κ1) is 29.7. The molecular weight excluding hydrogens is 582 g/mol. The second-order valence-electron chi connectivity index (χ2n) is 12.3. The number of rotatable bonds is 8. The van der Waals surface area contributed by atoms with E-state index in [0.29, 0.717) is 54.9 Å². The van der Waals surface area contributed by atoms with Gasteiger partial charge < -0.3 is 24.9 Å². The molecule has 10 heteroatoms. The van der Waals surface area contributed by atoms with E-state index in [9.17, 15) is 14.7 Å². The normalized spacial score (nSPS) is 15.5. The molecule has 0 bridgehead atoms. The monoisotopic (exact) mass is 621 g/mol. The molecule has 0 radical (unpaired) electrons. The van der Waals surface area contributed by atoms with E-state index in [1.165, 1.54) is 12.0 Å². The highest BCUT2D eigenvalue weighted by molar-refractivity contribution is 6.01. The molecule has 7 rings (SSSR count). The van der Waals surface area contributed by atoms with Crippen molar-refractivity contribution in [3.8, 4) is 28.5 Å². The lowest BCUT2D eigenvalue weighted by atomic mass is 9.79. The van der Waals surface area contributed by atoms with E-state index in [0.717, 1.165) is 59.0 Å². The summed E-state index contributed by atoms with van der Waals surface area (Å²) in [5.74, 6) is 1.65. The van der Waals surface area contributed by atoms with Crippen LogP contribution in [-0.4, -0.2) is 44.1 Å². The standard InChI is InChI=1S/C36H39N5O5/c1-3-40-35(38-39-36(40)44)28(17-21-9-12-24(42)13-10-21)27-19-25(45-2)20-30-32(27)33-31(22-7-5-4-6-8-22)26-14-11-23(34(37)43)18-29(26)41(33)15-16-46-30/h9-14,18-20,22,28,42H,3-8,15-17H2,1-2H3,(H2,37,43)(H,39,44)/t28-/m0/s1. The van der Waals surface area contributed by atoms with Crippen molar-refractivity contribution >= 4 is 16.8 Å². The highest BCUT2D eigenvalue weighted by Crippen LogP contribution is 2.51. The summed E-state index contributed by atoms with van der Waals surface area (Å²) in [6.45, 7) is 3.39. The number of aromatic hydroxyl groups is 1. The number of hydrogen-bond donors (Lipinski definition) is 3. The number of hydrogen-bond acceptors (Lipinski definition) is 6. The Hall–Kier alpha value is -4.99. The number of phenolic OH excluding ortho intramolecular Hbond substituents is 1. The van der Waals surface area contributed by atoms with Crippen LogP contribution in [0.2, 0.25) is 0 Å². The van der Waals surface area contributed by atoms with Gasteiger partial charge in [0, 0.05) is 40.6 Å².